The number of esters is 3. The van der Waals surface area contributed by atoms with Crippen LogP contribution in [0.4, 0.5) is 5.69 Å². The number of benzene rings is 1. The molecule has 1 rings (SSSR count). The van der Waals surface area contributed by atoms with Crippen LogP contribution in [0.15, 0.2) is 54.1 Å². The van der Waals surface area contributed by atoms with Gasteiger partial charge in [0.15, 0.2) is 6.10 Å². The number of anilines is 1. The first-order valence-corrected chi connectivity index (χ1v) is 10.5. The van der Waals surface area contributed by atoms with Gasteiger partial charge in [-0.25, -0.2) is 14.4 Å². The number of ether oxygens (including phenoxy) is 3. The van der Waals surface area contributed by atoms with Crippen molar-refractivity contribution in [3.8, 4) is 6.07 Å². The zero-order valence-corrected chi connectivity index (χ0v) is 19.6. The van der Waals surface area contributed by atoms with E-state index in [4.69, 9.17) is 14.2 Å². The molecule has 0 bridgehead atoms. The van der Waals surface area contributed by atoms with Crippen LogP contribution in [-0.4, -0.2) is 50.3 Å². The van der Waals surface area contributed by atoms with Crippen molar-refractivity contribution < 1.29 is 28.6 Å². The van der Waals surface area contributed by atoms with Crippen LogP contribution in [-0.2, 0) is 28.6 Å². The number of rotatable bonds is 12. The highest BCUT2D eigenvalue weighted by Crippen LogP contribution is 2.17. The molecule has 0 aromatic heterocycles. The molecule has 176 valence electrons. The second kappa shape index (κ2) is 13.5. The lowest BCUT2D eigenvalue weighted by atomic mass is 10.1. The second-order valence-corrected chi connectivity index (χ2v) is 7.22. The summed E-state index contributed by atoms with van der Waals surface area (Å²) in [7, 11) is 0. The first kappa shape index (κ1) is 27.2. The summed E-state index contributed by atoms with van der Waals surface area (Å²) in [4.78, 5) is 38.1. The van der Waals surface area contributed by atoms with Gasteiger partial charge >= 0.3 is 17.9 Å². The molecule has 0 saturated carbocycles. The Morgan fingerprint density at radius 2 is 1.45 bits per heavy atom. The van der Waals surface area contributed by atoms with Crippen LogP contribution >= 0.6 is 0 Å². The van der Waals surface area contributed by atoms with E-state index in [-0.39, 0.29) is 29.9 Å². The lowest BCUT2D eigenvalue weighted by Crippen LogP contribution is -2.31. The quantitative estimate of drug-likeness (QED) is 0.204. The van der Waals surface area contributed by atoms with Gasteiger partial charge in [-0.2, -0.15) is 5.26 Å². The van der Waals surface area contributed by atoms with Gasteiger partial charge < -0.3 is 19.1 Å². The van der Waals surface area contributed by atoms with E-state index >= 15 is 0 Å². The molecule has 0 unspecified atom stereocenters. The van der Waals surface area contributed by atoms with E-state index < -0.39 is 24.0 Å². The molecule has 0 aliphatic rings. The molecule has 33 heavy (non-hydrogen) atoms. The number of carbonyl (C=O) groups is 3. The largest absolute Gasteiger partial charge is 0.458 e. The Balaban J connectivity index is 2.97. The monoisotopic (exact) mass is 454 g/mol. The van der Waals surface area contributed by atoms with Gasteiger partial charge in [-0.3, -0.25) is 0 Å². The minimum atomic E-state index is -1.12. The number of hydrogen-bond acceptors (Lipinski definition) is 8. The second-order valence-electron chi connectivity index (χ2n) is 7.22. The molecular formula is C25H30N2O6. The Kier molecular flexibility index (Phi) is 11.1. The zero-order valence-electron chi connectivity index (χ0n) is 19.6. The molecule has 0 fully saturated rings. The van der Waals surface area contributed by atoms with Gasteiger partial charge in [-0.1, -0.05) is 25.3 Å². The first-order chi connectivity index (χ1) is 15.6. The van der Waals surface area contributed by atoms with E-state index in [0.29, 0.717) is 5.56 Å². The third-order valence-electron chi connectivity index (χ3n) is 4.44. The number of hydrogen-bond donors (Lipinski definition) is 0. The third-order valence-corrected chi connectivity index (χ3v) is 4.44. The van der Waals surface area contributed by atoms with Crippen molar-refractivity contribution in [3.05, 3.63) is 59.7 Å². The van der Waals surface area contributed by atoms with Gasteiger partial charge in [0.2, 0.25) is 0 Å². The topological polar surface area (TPSA) is 106 Å². The lowest BCUT2D eigenvalue weighted by molar-refractivity contribution is -0.161. The standard InChI is InChI=1S/C25H30N2O6/c1-7-27(8-2)21-11-9-19(10-12-21)13-20(14-26)25(30)33-22(15-31-23(28)17(3)4)16-32-24(29)18(5)6/h9-13,22H,3,5,7-8,15-16H2,1-2,4,6H3/b20-13+. The first-order valence-electron chi connectivity index (χ1n) is 10.5. The van der Waals surface area contributed by atoms with Gasteiger partial charge in [-0.05, 0) is 51.5 Å². The molecule has 0 aliphatic carbocycles. The Morgan fingerprint density at radius 3 is 1.85 bits per heavy atom. The highest BCUT2D eigenvalue weighted by Gasteiger charge is 2.22. The van der Waals surface area contributed by atoms with Gasteiger partial charge in [0.05, 0.1) is 0 Å². The van der Waals surface area contributed by atoms with E-state index in [1.54, 1.807) is 12.1 Å². The molecule has 1 aromatic carbocycles. The van der Waals surface area contributed by atoms with Crippen LogP contribution < -0.4 is 4.90 Å². The van der Waals surface area contributed by atoms with Crippen LogP contribution in [0.3, 0.4) is 0 Å². The summed E-state index contributed by atoms with van der Waals surface area (Å²) in [6.07, 6.45) is 0.275. The normalized spacial score (nSPS) is 10.7. The maximum Gasteiger partial charge on any atom is 0.349 e. The molecule has 0 heterocycles. The van der Waals surface area contributed by atoms with E-state index in [1.807, 2.05) is 18.2 Å². The summed E-state index contributed by atoms with van der Waals surface area (Å²) in [6.45, 7) is 14.9. The average Bonchev–Trinajstić information content (AvgIpc) is 2.79. The fourth-order valence-corrected chi connectivity index (χ4v) is 2.59. The molecule has 8 heteroatoms. The van der Waals surface area contributed by atoms with Gasteiger partial charge in [-0.15, -0.1) is 0 Å². The summed E-state index contributed by atoms with van der Waals surface area (Å²) in [5, 5.41) is 9.45. The molecule has 0 N–H and O–H groups in total. The molecule has 0 radical (unpaired) electrons. The molecular weight excluding hydrogens is 424 g/mol. The van der Waals surface area contributed by atoms with Crippen molar-refractivity contribution >= 4 is 29.7 Å². The van der Waals surface area contributed by atoms with E-state index in [0.717, 1.165) is 18.8 Å². The van der Waals surface area contributed by atoms with Crippen molar-refractivity contribution in [1.29, 1.82) is 5.26 Å². The molecule has 0 aliphatic heterocycles. The zero-order chi connectivity index (χ0) is 25.0. The van der Waals surface area contributed by atoms with Gasteiger partial charge in [0, 0.05) is 29.9 Å². The summed E-state index contributed by atoms with van der Waals surface area (Å²) in [6, 6.07) is 9.19. The maximum atomic E-state index is 12.6. The Hall–Kier alpha value is -3.86. The smallest absolute Gasteiger partial charge is 0.349 e. The van der Waals surface area contributed by atoms with Crippen molar-refractivity contribution in [3.63, 3.8) is 0 Å². The predicted octanol–water partition coefficient (Wildman–Crippen LogP) is 3.59. The van der Waals surface area contributed by atoms with Gasteiger partial charge in [0.25, 0.3) is 0 Å². The number of carbonyl (C=O) groups excluding carboxylic acids is 3. The molecule has 0 spiro atoms. The van der Waals surface area contributed by atoms with E-state index in [9.17, 15) is 19.6 Å². The SMILES string of the molecule is C=C(C)C(=O)OCC(COC(=O)C(=C)C)OC(=O)/C(C#N)=C/c1ccc(N(CC)CC)cc1. The highest BCUT2D eigenvalue weighted by atomic mass is 16.6. The summed E-state index contributed by atoms with van der Waals surface area (Å²) in [5.74, 6) is -2.31. The fraction of sp³-hybridized carbons (Fsp3) is 0.360. The lowest BCUT2D eigenvalue weighted by Gasteiger charge is -2.20. The molecule has 8 nitrogen and oxygen atoms in total. The predicted molar refractivity (Wildman–Crippen MR) is 125 cm³/mol. The molecule has 1 aromatic rings. The number of nitriles is 1. The molecule has 0 amide bonds. The van der Waals surface area contributed by atoms with Crippen LogP contribution in [0.1, 0.15) is 33.3 Å². The minimum Gasteiger partial charge on any atom is -0.458 e. The van der Waals surface area contributed by atoms with Crippen LogP contribution in [0.25, 0.3) is 6.08 Å². The fourth-order valence-electron chi connectivity index (χ4n) is 2.59. The van der Waals surface area contributed by atoms with E-state index in [2.05, 4.69) is 31.9 Å². The Labute approximate surface area is 194 Å². The van der Waals surface area contributed by atoms with E-state index in [1.165, 1.54) is 19.9 Å². The Bertz CT molecular complexity index is 922. The number of nitrogens with zero attached hydrogens (tertiary/aromatic N) is 2. The summed E-state index contributed by atoms with van der Waals surface area (Å²) < 4.78 is 15.3. The Morgan fingerprint density at radius 1 is 0.970 bits per heavy atom. The van der Waals surface area contributed by atoms with Crippen molar-refractivity contribution in [2.75, 3.05) is 31.2 Å². The maximum absolute atomic E-state index is 12.6. The third kappa shape index (κ3) is 9.03. The van der Waals surface area contributed by atoms with Crippen molar-refractivity contribution in [2.24, 2.45) is 0 Å². The van der Waals surface area contributed by atoms with Crippen molar-refractivity contribution in [1.82, 2.24) is 0 Å². The van der Waals surface area contributed by atoms with Gasteiger partial charge in [0.1, 0.15) is 24.9 Å². The molecule has 0 saturated heterocycles. The minimum absolute atomic E-state index is 0.157. The average molecular weight is 455 g/mol. The summed E-state index contributed by atoms with van der Waals surface area (Å²) >= 11 is 0. The van der Waals surface area contributed by atoms with Crippen LogP contribution in [0, 0.1) is 11.3 Å². The van der Waals surface area contributed by atoms with Crippen LogP contribution in [0.5, 0.6) is 0 Å². The summed E-state index contributed by atoms with van der Waals surface area (Å²) in [5.41, 5.74) is 1.72. The molecule has 0 atom stereocenters. The van der Waals surface area contributed by atoms with Crippen LogP contribution in [0.2, 0.25) is 0 Å². The highest BCUT2D eigenvalue weighted by molar-refractivity contribution is 5.98. The van der Waals surface area contributed by atoms with Crippen molar-refractivity contribution in [2.45, 2.75) is 33.8 Å².